The predicted octanol–water partition coefficient (Wildman–Crippen LogP) is 3.09. The number of para-hydroxylation sites is 1. The van der Waals surface area contributed by atoms with Gasteiger partial charge in [-0.25, -0.2) is 4.98 Å². The molecule has 0 saturated carbocycles. The first-order valence-electron chi connectivity index (χ1n) is 9.75. The maximum Gasteiger partial charge on any atom is 0.288 e. The van der Waals surface area contributed by atoms with Crippen LogP contribution in [0.4, 0.5) is 5.69 Å². The van der Waals surface area contributed by atoms with Gasteiger partial charge in [-0.05, 0) is 12.1 Å². The van der Waals surface area contributed by atoms with Crippen LogP contribution >= 0.6 is 0 Å². The highest BCUT2D eigenvalue weighted by molar-refractivity contribution is 6.13. The van der Waals surface area contributed by atoms with Crippen molar-refractivity contribution in [1.82, 2.24) is 20.4 Å². The monoisotopic (exact) mass is 429 g/mol. The minimum atomic E-state index is -0.729. The molecule has 2 aromatic carbocycles. The van der Waals surface area contributed by atoms with Crippen molar-refractivity contribution in [1.29, 1.82) is 0 Å². The SMILES string of the molecule is O=C(NN1C(=O)CCC1=O)c1cc2c([nH]c3ccccc32)c(-c2cccc([N+](=O)[O-])c2)n1. The molecule has 10 heteroatoms. The second-order valence-corrected chi connectivity index (χ2v) is 7.32. The summed E-state index contributed by atoms with van der Waals surface area (Å²) < 4.78 is 0. The maximum atomic E-state index is 12.9. The Morgan fingerprint density at radius 2 is 1.78 bits per heavy atom. The quantitative estimate of drug-likeness (QED) is 0.290. The topological polar surface area (TPSA) is 138 Å². The van der Waals surface area contributed by atoms with Gasteiger partial charge < -0.3 is 4.98 Å². The predicted molar refractivity (Wildman–Crippen MR) is 114 cm³/mol. The van der Waals surface area contributed by atoms with Crippen molar-refractivity contribution in [2.24, 2.45) is 0 Å². The fourth-order valence-corrected chi connectivity index (χ4v) is 3.80. The van der Waals surface area contributed by atoms with Gasteiger partial charge in [-0.2, -0.15) is 5.01 Å². The van der Waals surface area contributed by atoms with Gasteiger partial charge in [0.05, 0.1) is 16.1 Å². The average Bonchev–Trinajstić information content (AvgIpc) is 3.33. The first-order chi connectivity index (χ1) is 15.4. The molecule has 2 aromatic heterocycles. The van der Waals surface area contributed by atoms with E-state index < -0.39 is 22.6 Å². The zero-order valence-electron chi connectivity index (χ0n) is 16.5. The molecule has 0 radical (unpaired) electrons. The number of hydrazine groups is 1. The molecule has 3 amide bonds. The Kier molecular flexibility index (Phi) is 4.40. The third kappa shape index (κ3) is 3.14. The number of nitrogens with zero attached hydrogens (tertiary/aromatic N) is 3. The van der Waals surface area contributed by atoms with Crippen LogP contribution in [0.2, 0.25) is 0 Å². The molecule has 0 aliphatic carbocycles. The number of carbonyl (C=O) groups excluding carboxylic acids is 3. The van der Waals surface area contributed by atoms with E-state index in [1.165, 1.54) is 18.2 Å². The number of pyridine rings is 1. The number of non-ortho nitro benzene ring substituents is 1. The molecule has 1 aliphatic heterocycles. The van der Waals surface area contributed by atoms with E-state index in [-0.39, 0.29) is 24.2 Å². The summed E-state index contributed by atoms with van der Waals surface area (Å²) in [6.45, 7) is 0. The molecule has 32 heavy (non-hydrogen) atoms. The van der Waals surface area contributed by atoms with Gasteiger partial charge in [0.1, 0.15) is 5.69 Å². The number of aromatic amines is 1. The van der Waals surface area contributed by atoms with Gasteiger partial charge in [0.25, 0.3) is 11.6 Å². The first-order valence-corrected chi connectivity index (χ1v) is 9.75. The summed E-state index contributed by atoms with van der Waals surface area (Å²) in [5.74, 6) is -1.71. The van der Waals surface area contributed by atoms with E-state index in [1.807, 2.05) is 24.3 Å². The molecule has 0 bridgehead atoms. The standard InChI is InChI=1S/C22H15N5O5/c28-18-8-9-19(29)26(18)25-22(30)17-11-15-14-6-1-2-7-16(14)23-21(15)20(24-17)12-4-3-5-13(10-12)27(31)32/h1-7,10-11,23H,8-9H2,(H,25,30). The van der Waals surface area contributed by atoms with Crippen molar-refractivity contribution in [3.63, 3.8) is 0 Å². The van der Waals surface area contributed by atoms with E-state index in [1.54, 1.807) is 12.1 Å². The number of carbonyl (C=O) groups is 3. The zero-order valence-corrected chi connectivity index (χ0v) is 16.5. The number of amides is 3. The summed E-state index contributed by atoms with van der Waals surface area (Å²) in [5.41, 5.74) is 4.37. The molecule has 3 heterocycles. The van der Waals surface area contributed by atoms with Gasteiger partial charge in [0.15, 0.2) is 0 Å². The molecule has 10 nitrogen and oxygen atoms in total. The summed E-state index contributed by atoms with van der Waals surface area (Å²) in [5, 5.41) is 13.5. The Hall–Kier alpha value is -4.60. The van der Waals surface area contributed by atoms with Crippen molar-refractivity contribution in [2.75, 3.05) is 0 Å². The van der Waals surface area contributed by atoms with Crippen molar-refractivity contribution in [3.05, 3.63) is 70.4 Å². The highest BCUT2D eigenvalue weighted by atomic mass is 16.6. The number of fused-ring (bicyclic) bond motifs is 3. The number of rotatable bonds is 4. The van der Waals surface area contributed by atoms with Crippen LogP contribution in [-0.2, 0) is 9.59 Å². The number of nitro benzene ring substituents is 1. The smallest absolute Gasteiger partial charge is 0.288 e. The second kappa shape index (κ2) is 7.27. The van der Waals surface area contributed by atoms with E-state index in [0.29, 0.717) is 27.2 Å². The minimum Gasteiger partial charge on any atom is -0.353 e. The third-order valence-corrected chi connectivity index (χ3v) is 5.32. The van der Waals surface area contributed by atoms with E-state index in [2.05, 4.69) is 15.4 Å². The molecular weight excluding hydrogens is 414 g/mol. The lowest BCUT2D eigenvalue weighted by atomic mass is 10.1. The highest BCUT2D eigenvalue weighted by Crippen LogP contribution is 2.33. The van der Waals surface area contributed by atoms with Crippen molar-refractivity contribution >= 4 is 45.2 Å². The summed E-state index contributed by atoms with van der Waals surface area (Å²) in [6, 6.07) is 15.0. The molecule has 1 fully saturated rings. The van der Waals surface area contributed by atoms with E-state index >= 15 is 0 Å². The van der Waals surface area contributed by atoms with Crippen molar-refractivity contribution in [2.45, 2.75) is 12.8 Å². The van der Waals surface area contributed by atoms with Gasteiger partial charge >= 0.3 is 0 Å². The van der Waals surface area contributed by atoms with Crippen LogP contribution in [0.1, 0.15) is 23.3 Å². The van der Waals surface area contributed by atoms with E-state index in [4.69, 9.17) is 0 Å². The third-order valence-electron chi connectivity index (χ3n) is 5.32. The van der Waals surface area contributed by atoms with Crippen LogP contribution in [0, 0.1) is 10.1 Å². The maximum absolute atomic E-state index is 12.9. The second-order valence-electron chi connectivity index (χ2n) is 7.32. The Morgan fingerprint density at radius 3 is 2.53 bits per heavy atom. The van der Waals surface area contributed by atoms with E-state index in [9.17, 15) is 24.5 Å². The number of hydrogen-bond donors (Lipinski definition) is 2. The summed E-state index contributed by atoms with van der Waals surface area (Å²) >= 11 is 0. The number of imide groups is 1. The number of nitrogens with one attached hydrogen (secondary N) is 2. The Morgan fingerprint density at radius 1 is 1.03 bits per heavy atom. The molecule has 2 N–H and O–H groups in total. The molecular formula is C22H15N5O5. The lowest BCUT2D eigenvalue weighted by Gasteiger charge is -2.15. The van der Waals surface area contributed by atoms with E-state index in [0.717, 1.165) is 10.9 Å². The van der Waals surface area contributed by atoms with Crippen LogP contribution in [0.5, 0.6) is 0 Å². The Labute approximate surface area is 180 Å². The fourth-order valence-electron chi connectivity index (χ4n) is 3.80. The molecule has 0 unspecified atom stereocenters. The molecule has 5 rings (SSSR count). The van der Waals surface area contributed by atoms with Crippen LogP contribution in [-0.4, -0.2) is 37.6 Å². The molecule has 1 saturated heterocycles. The number of benzene rings is 2. The van der Waals surface area contributed by atoms with Crippen LogP contribution < -0.4 is 5.43 Å². The van der Waals surface area contributed by atoms with Crippen molar-refractivity contribution < 1.29 is 19.3 Å². The summed E-state index contributed by atoms with van der Waals surface area (Å²) in [7, 11) is 0. The van der Waals surface area contributed by atoms with Gasteiger partial charge in [-0.1, -0.05) is 30.3 Å². The number of hydrogen-bond acceptors (Lipinski definition) is 6. The number of nitro groups is 1. The summed E-state index contributed by atoms with van der Waals surface area (Å²) in [4.78, 5) is 55.2. The molecule has 4 aromatic rings. The zero-order chi connectivity index (χ0) is 22.4. The number of H-pyrrole nitrogens is 1. The van der Waals surface area contributed by atoms with Crippen LogP contribution in [0.25, 0.3) is 33.1 Å². The lowest BCUT2D eigenvalue weighted by Crippen LogP contribution is -2.45. The number of aromatic nitrogens is 2. The lowest BCUT2D eigenvalue weighted by molar-refractivity contribution is -0.384. The minimum absolute atomic E-state index is 0.0312. The largest absolute Gasteiger partial charge is 0.353 e. The Balaban J connectivity index is 1.69. The van der Waals surface area contributed by atoms with Crippen LogP contribution in [0.15, 0.2) is 54.6 Å². The molecule has 0 spiro atoms. The van der Waals surface area contributed by atoms with Gasteiger partial charge in [-0.3, -0.25) is 29.9 Å². The molecule has 1 aliphatic rings. The van der Waals surface area contributed by atoms with Gasteiger partial charge in [-0.15, -0.1) is 0 Å². The normalized spacial score (nSPS) is 13.8. The highest BCUT2D eigenvalue weighted by Gasteiger charge is 2.31. The fraction of sp³-hybridized carbons (Fsp3) is 0.0909. The van der Waals surface area contributed by atoms with Crippen molar-refractivity contribution in [3.8, 4) is 11.3 Å². The summed E-state index contributed by atoms with van der Waals surface area (Å²) in [6.07, 6.45) is 0.0694. The molecule has 158 valence electrons. The van der Waals surface area contributed by atoms with Gasteiger partial charge in [0, 0.05) is 46.8 Å². The Bertz CT molecular complexity index is 1440. The van der Waals surface area contributed by atoms with Gasteiger partial charge in [0.2, 0.25) is 11.8 Å². The molecule has 0 atom stereocenters. The van der Waals surface area contributed by atoms with Crippen LogP contribution in [0.3, 0.4) is 0 Å². The average molecular weight is 429 g/mol. The first kappa shape index (κ1) is 19.4.